The Balaban J connectivity index is 2.44. The Bertz CT molecular complexity index is 531. The van der Waals surface area contributed by atoms with Crippen LogP contribution in [-0.2, 0) is 0 Å². The molecule has 17 heavy (non-hydrogen) atoms. The first kappa shape index (κ1) is 11.1. The molecule has 2 rings (SSSR count). The molecule has 4 nitrogen and oxygen atoms in total. The Morgan fingerprint density at radius 2 is 1.59 bits per heavy atom. The van der Waals surface area contributed by atoms with E-state index in [0.717, 1.165) is 0 Å². The molecule has 0 aliphatic rings. The van der Waals surface area contributed by atoms with E-state index in [1.807, 2.05) is 0 Å². The molecule has 0 radical (unpaired) electrons. The van der Waals surface area contributed by atoms with E-state index in [9.17, 15) is 14.6 Å². The minimum absolute atomic E-state index is 0.0799. The van der Waals surface area contributed by atoms with Crippen molar-refractivity contribution in [2.45, 2.75) is 0 Å². The van der Waals surface area contributed by atoms with Crippen LogP contribution in [0.1, 0.15) is 0 Å². The number of hydrogen-bond donors (Lipinski definition) is 0. The van der Waals surface area contributed by atoms with Crippen molar-refractivity contribution in [2.24, 2.45) is 0 Å². The highest BCUT2D eigenvalue weighted by atomic mass is 19.2. The van der Waals surface area contributed by atoms with E-state index in [-0.39, 0.29) is 17.1 Å². The molecule has 0 bridgehead atoms. The summed E-state index contributed by atoms with van der Waals surface area (Å²) in [6.07, 6.45) is 0. The summed E-state index contributed by atoms with van der Waals surface area (Å²) >= 11 is 0. The van der Waals surface area contributed by atoms with Gasteiger partial charge in [0.25, 0.3) is 5.69 Å². The van der Waals surface area contributed by atoms with E-state index in [1.165, 1.54) is 30.3 Å². The number of halogens is 1. The van der Waals surface area contributed by atoms with Gasteiger partial charge in [0, 0.05) is 6.07 Å². The number of rotatable bonds is 3. The van der Waals surface area contributed by atoms with Gasteiger partial charge in [-0.2, -0.15) is 5.12 Å². The summed E-state index contributed by atoms with van der Waals surface area (Å²) in [6, 6.07) is 13.8. The van der Waals surface area contributed by atoms with Crippen LogP contribution in [0.3, 0.4) is 0 Å². The third-order valence-electron chi connectivity index (χ3n) is 2.27. The lowest BCUT2D eigenvalue weighted by Gasteiger charge is -2.13. The molecule has 0 saturated heterocycles. The normalized spacial score (nSPS) is 9.94. The van der Waals surface area contributed by atoms with Gasteiger partial charge in [0.2, 0.25) is 0 Å². The van der Waals surface area contributed by atoms with Crippen LogP contribution in [0.25, 0.3) is 0 Å². The first-order chi connectivity index (χ1) is 8.20. The van der Waals surface area contributed by atoms with Gasteiger partial charge < -0.3 is 0 Å². The zero-order valence-corrected chi connectivity index (χ0v) is 8.79. The fourth-order valence-electron chi connectivity index (χ4n) is 1.48. The van der Waals surface area contributed by atoms with E-state index in [1.54, 1.807) is 24.3 Å². The molecule has 2 aromatic rings. The molecule has 0 aliphatic heterocycles. The van der Waals surface area contributed by atoms with Crippen molar-refractivity contribution >= 4 is 17.1 Å². The fraction of sp³-hybridized carbons (Fsp3) is 0. The van der Waals surface area contributed by atoms with Crippen LogP contribution in [0.4, 0.5) is 21.5 Å². The minimum atomic E-state index is -0.606. The van der Waals surface area contributed by atoms with Crippen molar-refractivity contribution in [2.75, 3.05) is 5.12 Å². The van der Waals surface area contributed by atoms with Crippen molar-refractivity contribution in [3.63, 3.8) is 0 Å². The van der Waals surface area contributed by atoms with Crippen LogP contribution in [0.2, 0.25) is 0 Å². The highest BCUT2D eigenvalue weighted by molar-refractivity contribution is 5.69. The Labute approximate surface area is 97.0 Å². The van der Waals surface area contributed by atoms with E-state index >= 15 is 0 Å². The first-order valence-electron chi connectivity index (χ1n) is 4.94. The lowest BCUT2D eigenvalue weighted by atomic mass is 10.2. The highest BCUT2D eigenvalue weighted by Crippen LogP contribution is 2.33. The molecule has 0 aromatic heterocycles. The van der Waals surface area contributed by atoms with Gasteiger partial charge in [0.05, 0.1) is 10.6 Å². The summed E-state index contributed by atoms with van der Waals surface area (Å²) < 4.78 is 14.0. The van der Waals surface area contributed by atoms with E-state index in [0.29, 0.717) is 5.12 Å². The molecule has 0 spiro atoms. The molecule has 0 N–H and O–H groups in total. The van der Waals surface area contributed by atoms with Gasteiger partial charge in [-0.05, 0) is 18.2 Å². The number of benzene rings is 2. The summed E-state index contributed by atoms with van der Waals surface area (Å²) in [7, 11) is 0. The van der Waals surface area contributed by atoms with Crippen LogP contribution >= 0.6 is 0 Å². The molecule has 0 atom stereocenters. The Morgan fingerprint density at radius 3 is 2.24 bits per heavy atom. The van der Waals surface area contributed by atoms with Gasteiger partial charge >= 0.3 is 0 Å². The maximum atomic E-state index is 14.0. The molecule has 0 fully saturated rings. The number of hydrogen-bond acceptors (Lipinski definition) is 3. The number of anilines is 2. The molecule has 0 heterocycles. The van der Waals surface area contributed by atoms with Crippen molar-refractivity contribution in [3.05, 3.63) is 64.7 Å². The maximum Gasteiger partial charge on any atom is 0.295 e. The van der Waals surface area contributed by atoms with Gasteiger partial charge in [-0.15, -0.1) is 0 Å². The van der Waals surface area contributed by atoms with Crippen LogP contribution in [0.15, 0.2) is 54.6 Å². The second kappa shape index (κ2) is 4.61. The van der Waals surface area contributed by atoms with Crippen LogP contribution in [0.5, 0.6) is 0 Å². The zero-order chi connectivity index (χ0) is 12.3. The van der Waals surface area contributed by atoms with Gasteiger partial charge in [-0.1, -0.05) is 34.8 Å². The molecular weight excluding hydrogens is 223 g/mol. The van der Waals surface area contributed by atoms with Gasteiger partial charge in [0.15, 0.2) is 5.69 Å². The largest absolute Gasteiger partial charge is 0.295 e. The maximum absolute atomic E-state index is 14.0. The smallest absolute Gasteiger partial charge is 0.258 e. The molecule has 0 unspecified atom stereocenters. The summed E-state index contributed by atoms with van der Waals surface area (Å²) in [6.45, 7) is 0. The number of nitro benzene ring substituents is 1. The lowest BCUT2D eigenvalue weighted by molar-refractivity contribution is -0.384. The Morgan fingerprint density at radius 1 is 1.00 bits per heavy atom. The molecule has 0 aliphatic carbocycles. The molecular formula is C12H9FN2O2. The standard InChI is InChI=1S/C12H9FN2O2/c13-14(10-6-2-1-3-7-10)11-8-4-5-9-12(11)15(16)17/h1-9H. The van der Waals surface area contributed by atoms with Gasteiger partial charge in [-0.3, -0.25) is 10.1 Å². The molecule has 86 valence electrons. The highest BCUT2D eigenvalue weighted by Gasteiger charge is 2.19. The third kappa shape index (κ3) is 2.23. The molecule has 0 amide bonds. The molecule has 5 heteroatoms. The van der Waals surface area contributed by atoms with E-state index in [4.69, 9.17) is 0 Å². The van der Waals surface area contributed by atoms with Crippen LogP contribution in [-0.4, -0.2) is 4.92 Å². The van der Waals surface area contributed by atoms with Crippen LogP contribution < -0.4 is 5.12 Å². The van der Waals surface area contributed by atoms with Crippen molar-refractivity contribution in [1.82, 2.24) is 0 Å². The minimum Gasteiger partial charge on any atom is -0.258 e. The SMILES string of the molecule is O=[N+]([O-])c1ccccc1N(F)c1ccccc1. The average Bonchev–Trinajstić information content (AvgIpc) is 2.39. The predicted molar refractivity (Wildman–Crippen MR) is 62.8 cm³/mol. The molecule has 0 saturated carbocycles. The number of nitrogens with zero attached hydrogens (tertiary/aromatic N) is 2. The lowest BCUT2D eigenvalue weighted by Crippen LogP contribution is -2.06. The van der Waals surface area contributed by atoms with Gasteiger partial charge in [0.1, 0.15) is 0 Å². The first-order valence-corrected chi connectivity index (χ1v) is 4.94. The average molecular weight is 232 g/mol. The second-order valence-electron chi connectivity index (χ2n) is 3.36. The number of nitro groups is 1. The topological polar surface area (TPSA) is 46.4 Å². The molecule has 2 aromatic carbocycles. The zero-order valence-electron chi connectivity index (χ0n) is 8.79. The van der Waals surface area contributed by atoms with E-state index in [2.05, 4.69) is 0 Å². The monoisotopic (exact) mass is 232 g/mol. The summed E-state index contributed by atoms with van der Waals surface area (Å²) in [5.74, 6) is 0. The van der Waals surface area contributed by atoms with Crippen molar-refractivity contribution in [1.29, 1.82) is 0 Å². The quantitative estimate of drug-likeness (QED) is 0.461. The Hall–Kier alpha value is -2.43. The number of para-hydroxylation sites is 3. The summed E-state index contributed by atoms with van der Waals surface area (Å²) in [4.78, 5) is 10.2. The van der Waals surface area contributed by atoms with Gasteiger partial charge in [-0.25, -0.2) is 0 Å². The third-order valence-corrected chi connectivity index (χ3v) is 2.27. The van der Waals surface area contributed by atoms with E-state index < -0.39 is 4.92 Å². The fourth-order valence-corrected chi connectivity index (χ4v) is 1.48. The second-order valence-corrected chi connectivity index (χ2v) is 3.36. The summed E-state index contributed by atoms with van der Waals surface area (Å²) in [5.41, 5.74) is -0.0932. The summed E-state index contributed by atoms with van der Waals surface area (Å²) in [5, 5.41) is 11.1. The predicted octanol–water partition coefficient (Wildman–Crippen LogP) is 3.62. The van der Waals surface area contributed by atoms with Crippen molar-refractivity contribution in [3.8, 4) is 0 Å². The Kier molecular flexibility index (Phi) is 3.00. The van der Waals surface area contributed by atoms with Crippen molar-refractivity contribution < 1.29 is 9.40 Å². The van der Waals surface area contributed by atoms with Crippen LogP contribution in [0, 0.1) is 10.1 Å².